The van der Waals surface area contributed by atoms with Crippen LogP contribution in [0.3, 0.4) is 0 Å². The third-order valence-electron chi connectivity index (χ3n) is 1.98. The molecule has 0 atom stereocenters. The summed E-state index contributed by atoms with van der Waals surface area (Å²) < 4.78 is 37.7. The number of amides is 2. The number of hydrogen-bond acceptors (Lipinski definition) is 4. The Balaban J connectivity index is 3.23. The van der Waals surface area contributed by atoms with Crippen LogP contribution in [0.2, 0.25) is 0 Å². The van der Waals surface area contributed by atoms with Crippen molar-refractivity contribution in [1.29, 1.82) is 0 Å². The lowest BCUT2D eigenvalue weighted by Crippen LogP contribution is -2.29. The maximum atomic E-state index is 12.6. The zero-order valence-electron chi connectivity index (χ0n) is 9.02. The Morgan fingerprint density at radius 3 is 2.32 bits per heavy atom. The summed E-state index contributed by atoms with van der Waals surface area (Å²) in [6.07, 6.45) is -4.98. The molecule has 0 aliphatic rings. The molecule has 2 amide bonds. The molecule has 3 N–H and O–H groups in total. The number of nitrogens with one attached hydrogen (secondary N) is 1. The number of carbonyl (C=O) groups excluding carboxylic acids is 2. The summed E-state index contributed by atoms with van der Waals surface area (Å²) in [7, 11) is 0. The highest BCUT2D eigenvalue weighted by atomic mass is 19.4. The Bertz CT molecular complexity index is 556. The third-order valence-corrected chi connectivity index (χ3v) is 1.98. The number of nitro groups is 1. The van der Waals surface area contributed by atoms with Crippen molar-refractivity contribution in [2.24, 2.45) is 5.73 Å². The van der Waals surface area contributed by atoms with E-state index in [2.05, 4.69) is 5.73 Å². The second-order valence-electron chi connectivity index (χ2n) is 3.31. The van der Waals surface area contributed by atoms with Crippen molar-refractivity contribution in [2.45, 2.75) is 6.18 Å². The average Bonchev–Trinajstić information content (AvgIpc) is 2.27. The predicted molar refractivity (Wildman–Crippen MR) is 55.9 cm³/mol. The van der Waals surface area contributed by atoms with Gasteiger partial charge in [-0.05, 0) is 12.1 Å². The van der Waals surface area contributed by atoms with Gasteiger partial charge in [-0.1, -0.05) is 0 Å². The van der Waals surface area contributed by atoms with Crippen LogP contribution in [0.15, 0.2) is 18.2 Å². The summed E-state index contributed by atoms with van der Waals surface area (Å²) in [5, 5.41) is 12.2. The molecule has 102 valence electrons. The number of hydrogen-bond donors (Lipinski definition) is 2. The minimum atomic E-state index is -4.98. The number of carbonyl (C=O) groups is 2. The number of nitro benzene ring substituents is 1. The number of nitrogens with zero attached hydrogens (tertiary/aromatic N) is 1. The smallest absolute Gasteiger partial charge is 0.361 e. The first-order valence-corrected chi connectivity index (χ1v) is 4.59. The molecule has 0 saturated carbocycles. The molecule has 0 bridgehead atoms. The van der Waals surface area contributed by atoms with Gasteiger partial charge in [-0.2, -0.15) is 13.2 Å². The van der Waals surface area contributed by atoms with E-state index in [1.165, 1.54) is 0 Å². The summed E-state index contributed by atoms with van der Waals surface area (Å²) in [4.78, 5) is 30.6. The van der Waals surface area contributed by atoms with E-state index in [9.17, 15) is 32.9 Å². The standard InChI is InChI=1S/C9H6F3N3O4/c10-9(11,12)5-3-4(14-8(17)7(13)16)1-2-6(5)15(18)19/h1-3H,(H2,13,16)(H,14,17). The van der Waals surface area contributed by atoms with Gasteiger partial charge in [0.25, 0.3) is 5.69 Å². The summed E-state index contributed by atoms with van der Waals surface area (Å²) in [5.74, 6) is -2.73. The molecule has 0 aliphatic carbocycles. The summed E-state index contributed by atoms with van der Waals surface area (Å²) in [5.41, 5.74) is 1.47. The lowest BCUT2D eigenvalue weighted by molar-refractivity contribution is -0.388. The number of nitrogens with two attached hydrogens (primary N) is 1. The van der Waals surface area contributed by atoms with Crippen molar-refractivity contribution < 1.29 is 27.7 Å². The summed E-state index contributed by atoms with van der Waals surface area (Å²) >= 11 is 0. The largest absolute Gasteiger partial charge is 0.423 e. The number of anilines is 1. The van der Waals surface area contributed by atoms with Crippen molar-refractivity contribution in [3.63, 3.8) is 0 Å². The average molecular weight is 277 g/mol. The fourth-order valence-electron chi connectivity index (χ4n) is 1.19. The van der Waals surface area contributed by atoms with E-state index in [0.29, 0.717) is 12.1 Å². The number of alkyl halides is 3. The van der Waals surface area contributed by atoms with E-state index in [0.717, 1.165) is 6.07 Å². The molecule has 0 unspecified atom stereocenters. The van der Waals surface area contributed by atoms with Crippen LogP contribution in [0.4, 0.5) is 24.5 Å². The fourth-order valence-corrected chi connectivity index (χ4v) is 1.19. The van der Waals surface area contributed by atoms with Crippen molar-refractivity contribution in [3.05, 3.63) is 33.9 Å². The lowest BCUT2D eigenvalue weighted by Gasteiger charge is -2.09. The Morgan fingerprint density at radius 2 is 1.89 bits per heavy atom. The highest BCUT2D eigenvalue weighted by Crippen LogP contribution is 2.37. The van der Waals surface area contributed by atoms with Gasteiger partial charge in [-0.15, -0.1) is 0 Å². The first-order chi connectivity index (χ1) is 8.62. The van der Waals surface area contributed by atoms with Gasteiger partial charge in [0, 0.05) is 11.8 Å². The quantitative estimate of drug-likeness (QED) is 0.477. The first kappa shape index (κ1) is 14.4. The number of halogens is 3. The molecule has 0 radical (unpaired) electrons. The van der Waals surface area contributed by atoms with Crippen molar-refractivity contribution >= 4 is 23.2 Å². The van der Waals surface area contributed by atoms with E-state index in [4.69, 9.17) is 0 Å². The van der Waals surface area contributed by atoms with Crippen molar-refractivity contribution in [1.82, 2.24) is 0 Å². The molecule has 10 heteroatoms. The first-order valence-electron chi connectivity index (χ1n) is 4.59. The summed E-state index contributed by atoms with van der Waals surface area (Å²) in [6.45, 7) is 0. The zero-order valence-corrected chi connectivity index (χ0v) is 9.02. The van der Waals surface area contributed by atoms with Crippen molar-refractivity contribution in [2.75, 3.05) is 5.32 Å². The number of primary amides is 1. The maximum Gasteiger partial charge on any atom is 0.423 e. The van der Waals surface area contributed by atoms with Gasteiger partial charge in [0.1, 0.15) is 5.56 Å². The molecule has 0 fully saturated rings. The lowest BCUT2D eigenvalue weighted by atomic mass is 10.1. The number of rotatable bonds is 2. The van der Waals surface area contributed by atoms with Crippen LogP contribution in [-0.4, -0.2) is 16.7 Å². The molecular weight excluding hydrogens is 271 g/mol. The topological polar surface area (TPSA) is 115 Å². The Labute approximate surface area is 103 Å². The fraction of sp³-hybridized carbons (Fsp3) is 0.111. The van der Waals surface area contributed by atoms with E-state index in [1.807, 2.05) is 0 Å². The van der Waals surface area contributed by atoms with Crippen molar-refractivity contribution in [3.8, 4) is 0 Å². The van der Waals surface area contributed by atoms with Gasteiger partial charge in [-0.3, -0.25) is 19.7 Å². The predicted octanol–water partition coefficient (Wildman–Crippen LogP) is 1.04. The Hall–Kier alpha value is -2.65. The maximum absolute atomic E-state index is 12.6. The van der Waals surface area contributed by atoms with E-state index in [1.54, 1.807) is 5.32 Å². The molecule has 19 heavy (non-hydrogen) atoms. The summed E-state index contributed by atoms with van der Waals surface area (Å²) in [6, 6.07) is 1.77. The van der Waals surface area contributed by atoms with Gasteiger partial charge < -0.3 is 11.1 Å². The van der Waals surface area contributed by atoms with Gasteiger partial charge in [0.2, 0.25) is 0 Å². The molecule has 1 rings (SSSR count). The molecule has 0 aromatic heterocycles. The van der Waals surface area contributed by atoms with Gasteiger partial charge in [0.05, 0.1) is 4.92 Å². The van der Waals surface area contributed by atoms with Crippen LogP contribution in [0, 0.1) is 10.1 Å². The van der Waals surface area contributed by atoms with Crippen LogP contribution in [0.5, 0.6) is 0 Å². The van der Waals surface area contributed by atoms with E-state index >= 15 is 0 Å². The van der Waals surface area contributed by atoms with Crippen LogP contribution in [-0.2, 0) is 15.8 Å². The SMILES string of the molecule is NC(=O)C(=O)Nc1ccc([N+](=O)[O-])c(C(F)(F)F)c1. The van der Waals surface area contributed by atoms with Gasteiger partial charge >= 0.3 is 18.0 Å². The molecule has 1 aromatic carbocycles. The Kier molecular flexibility index (Phi) is 3.73. The number of benzene rings is 1. The highest BCUT2D eigenvalue weighted by molar-refractivity contribution is 6.39. The van der Waals surface area contributed by atoms with E-state index < -0.39 is 39.9 Å². The van der Waals surface area contributed by atoms with Crippen LogP contribution < -0.4 is 11.1 Å². The molecular formula is C9H6F3N3O4. The zero-order chi connectivity index (χ0) is 14.8. The third kappa shape index (κ3) is 3.40. The molecule has 0 saturated heterocycles. The molecule has 0 aliphatic heterocycles. The van der Waals surface area contributed by atoms with Crippen LogP contribution in [0.1, 0.15) is 5.56 Å². The Morgan fingerprint density at radius 1 is 1.32 bits per heavy atom. The highest BCUT2D eigenvalue weighted by Gasteiger charge is 2.38. The normalized spacial score (nSPS) is 10.9. The molecule has 7 nitrogen and oxygen atoms in total. The minimum absolute atomic E-state index is 0.346. The van der Waals surface area contributed by atoms with Crippen LogP contribution in [0.25, 0.3) is 0 Å². The molecule has 1 aromatic rings. The second-order valence-corrected chi connectivity index (χ2v) is 3.31. The van der Waals surface area contributed by atoms with E-state index in [-0.39, 0.29) is 0 Å². The molecule has 0 heterocycles. The monoisotopic (exact) mass is 277 g/mol. The minimum Gasteiger partial charge on any atom is -0.361 e. The second kappa shape index (κ2) is 4.92. The molecule has 0 spiro atoms. The van der Waals surface area contributed by atoms with Crippen LogP contribution >= 0.6 is 0 Å². The van der Waals surface area contributed by atoms with Gasteiger partial charge in [0.15, 0.2) is 0 Å². The van der Waals surface area contributed by atoms with Gasteiger partial charge in [-0.25, -0.2) is 0 Å².